The molecule has 19 heteroatoms. The van der Waals surface area contributed by atoms with Gasteiger partial charge in [-0.2, -0.15) is 0 Å². The summed E-state index contributed by atoms with van der Waals surface area (Å²) in [6.45, 7) is 7.12. The van der Waals surface area contributed by atoms with Gasteiger partial charge in [-0.05, 0) is 148 Å². The summed E-state index contributed by atoms with van der Waals surface area (Å²) in [5.41, 5.74) is 12.4. The minimum absolute atomic E-state index is 0.0377. The van der Waals surface area contributed by atoms with E-state index in [-0.39, 0.29) is 55.8 Å². The molecule has 4 aromatic rings. The van der Waals surface area contributed by atoms with E-state index < -0.39 is 79.5 Å². The summed E-state index contributed by atoms with van der Waals surface area (Å²) < 4.78 is 42.2. The average molecular weight is 1060 g/mol. The molecular formula is C49H58IN7O10S. The van der Waals surface area contributed by atoms with Crippen LogP contribution in [0.1, 0.15) is 85.1 Å². The Morgan fingerprint density at radius 2 is 1.62 bits per heavy atom. The van der Waals surface area contributed by atoms with Crippen molar-refractivity contribution in [1.82, 2.24) is 26.0 Å². The Balaban J connectivity index is 1.42. The van der Waals surface area contributed by atoms with Crippen molar-refractivity contribution in [1.29, 1.82) is 0 Å². The zero-order valence-corrected chi connectivity index (χ0v) is 41.6. The van der Waals surface area contributed by atoms with Crippen molar-refractivity contribution in [3.63, 3.8) is 0 Å². The Kier molecular flexibility index (Phi) is 16.4. The fraction of sp³-hybridized carbons (Fsp3) is 0.367. The van der Waals surface area contributed by atoms with Crippen LogP contribution in [0.15, 0.2) is 113 Å². The Bertz CT molecular complexity index is 2660. The molecule has 0 aliphatic carbocycles. The first kappa shape index (κ1) is 51.5. The van der Waals surface area contributed by atoms with Crippen LogP contribution in [0.4, 0.5) is 4.79 Å². The van der Waals surface area contributed by atoms with E-state index in [1.807, 2.05) is 24.3 Å². The second-order valence-corrected chi connectivity index (χ2v) is 21.1. The van der Waals surface area contributed by atoms with Gasteiger partial charge in [0, 0.05) is 28.8 Å². The molecule has 68 heavy (non-hydrogen) atoms. The molecule has 0 bridgehead atoms. The highest BCUT2D eigenvalue weighted by molar-refractivity contribution is 14.1. The summed E-state index contributed by atoms with van der Waals surface area (Å²) in [4.78, 5) is 67.7. The van der Waals surface area contributed by atoms with Crippen LogP contribution in [-0.2, 0) is 41.9 Å². The van der Waals surface area contributed by atoms with Gasteiger partial charge in [-0.1, -0.05) is 54.1 Å². The molecule has 0 radical (unpaired) electrons. The lowest BCUT2D eigenvalue weighted by Gasteiger charge is -2.45. The number of alkyl carbamates (subject to hydrolysis) is 1. The lowest BCUT2D eigenvalue weighted by atomic mass is 9.85. The van der Waals surface area contributed by atoms with Gasteiger partial charge in [0.15, 0.2) is 6.10 Å². The minimum Gasteiger partial charge on any atom is -0.497 e. The number of methoxy groups -OCH3 is 1. The second kappa shape index (κ2) is 21.6. The van der Waals surface area contributed by atoms with Crippen LogP contribution in [-0.4, -0.2) is 96.7 Å². The maximum atomic E-state index is 15.3. The van der Waals surface area contributed by atoms with Crippen molar-refractivity contribution in [3.8, 4) is 5.75 Å². The number of halogens is 1. The topological polar surface area (TPSA) is 253 Å². The van der Waals surface area contributed by atoms with E-state index in [2.05, 4.69) is 38.5 Å². The van der Waals surface area contributed by atoms with Gasteiger partial charge in [0.1, 0.15) is 27.5 Å². The summed E-state index contributed by atoms with van der Waals surface area (Å²) in [6.07, 6.45) is -1.84. The number of benzene rings is 4. The third-order valence-electron chi connectivity index (χ3n) is 11.6. The number of nitrogens with zero attached hydrogens (tertiary/aromatic N) is 2. The van der Waals surface area contributed by atoms with Crippen LogP contribution in [0, 0.1) is 10.5 Å². The summed E-state index contributed by atoms with van der Waals surface area (Å²) >= 11 is 2.16. The van der Waals surface area contributed by atoms with Crippen molar-refractivity contribution in [2.45, 2.75) is 101 Å². The molecule has 2 aliphatic rings. The van der Waals surface area contributed by atoms with Gasteiger partial charge in [0.05, 0.1) is 24.1 Å². The lowest BCUT2D eigenvalue weighted by Crippen LogP contribution is -2.65. The van der Waals surface area contributed by atoms with Crippen LogP contribution in [0.5, 0.6) is 5.75 Å². The molecule has 4 atom stereocenters. The molecule has 1 saturated heterocycles. The fourth-order valence-corrected chi connectivity index (χ4v) is 10.4. The molecular weight excluding hydrogens is 1010 g/mol. The Morgan fingerprint density at radius 3 is 2.24 bits per heavy atom. The zero-order chi connectivity index (χ0) is 49.6. The zero-order valence-electron chi connectivity index (χ0n) is 38.6. The Morgan fingerprint density at radius 1 is 0.941 bits per heavy atom. The predicted molar refractivity (Wildman–Crippen MR) is 262 cm³/mol. The van der Waals surface area contributed by atoms with Gasteiger partial charge in [-0.25, -0.2) is 23.2 Å². The van der Waals surface area contributed by atoms with Crippen LogP contribution in [0.25, 0.3) is 0 Å². The molecule has 0 aromatic heterocycles. The number of hydrazine groups is 1. The number of rotatable bonds is 18. The third-order valence-corrected chi connectivity index (χ3v) is 14.2. The third kappa shape index (κ3) is 12.2. The highest BCUT2D eigenvalue weighted by Crippen LogP contribution is 2.48. The van der Waals surface area contributed by atoms with E-state index in [1.54, 1.807) is 76.2 Å². The molecule has 0 saturated carbocycles. The molecule has 4 aromatic carbocycles. The van der Waals surface area contributed by atoms with Crippen molar-refractivity contribution < 1.29 is 47.0 Å². The number of aryl methyl sites for hydroxylation is 1. The van der Waals surface area contributed by atoms with E-state index in [1.165, 1.54) is 36.4 Å². The molecule has 1 fully saturated rings. The van der Waals surface area contributed by atoms with Gasteiger partial charge in [0.25, 0.3) is 17.7 Å². The molecule has 5 amide bonds. The Labute approximate surface area is 410 Å². The second-order valence-electron chi connectivity index (χ2n) is 17.9. The number of unbranched alkanes of at least 4 members (excludes halogenated alkanes) is 1. The van der Waals surface area contributed by atoms with Gasteiger partial charge < -0.3 is 42.0 Å². The molecule has 0 spiro atoms. The predicted octanol–water partition coefficient (Wildman–Crippen LogP) is 4.69. The summed E-state index contributed by atoms with van der Waals surface area (Å²) in [5, 5.41) is 22.4. The number of ether oxygens (including phenoxy) is 2. The van der Waals surface area contributed by atoms with E-state index in [4.69, 9.17) is 20.9 Å². The van der Waals surface area contributed by atoms with E-state index in [9.17, 15) is 19.5 Å². The number of hydrogen-bond acceptors (Lipinski definition) is 12. The Hall–Kier alpha value is -5.87. The highest BCUT2D eigenvalue weighted by Gasteiger charge is 2.57. The van der Waals surface area contributed by atoms with Gasteiger partial charge in [-0.15, -0.1) is 0 Å². The smallest absolute Gasteiger partial charge is 0.407 e. The number of nitrogens with two attached hydrogens (primary N) is 2. The summed E-state index contributed by atoms with van der Waals surface area (Å²) in [5.74, 6) is -2.81. The van der Waals surface area contributed by atoms with E-state index in [0.29, 0.717) is 23.3 Å². The van der Waals surface area contributed by atoms with Gasteiger partial charge >= 0.3 is 6.09 Å². The highest BCUT2D eigenvalue weighted by atomic mass is 127. The maximum Gasteiger partial charge on any atom is 0.407 e. The van der Waals surface area contributed by atoms with Crippen molar-refractivity contribution in [2.75, 3.05) is 20.2 Å². The number of primary amides is 1. The number of carbonyl (C=O) groups excluding carboxylic acids is 5. The maximum absolute atomic E-state index is 15.3. The van der Waals surface area contributed by atoms with Crippen molar-refractivity contribution in [2.24, 2.45) is 11.5 Å². The first-order valence-corrected chi connectivity index (χ1v) is 24.6. The quantitative estimate of drug-likeness (QED) is 0.0587. The van der Waals surface area contributed by atoms with Crippen LogP contribution >= 0.6 is 22.6 Å². The standard InChI is InChI=1S/C49H58IN7O10S/c1-30-12-22-37(23-13-30)68(64,65)42-39(33-18-20-36(66-5)21-19-33)56-26-24-49(52,28-32-9-8-10-35(50)27-32)46(62)57(56)40(42)44(60)55-38(11-6-7-25-53-47(63)67-48(2,3)4)41(58)45(61)54-29-31-14-16-34(17-15-31)43(51)59/h8-10,12-23,27,38-39,41,58H,6-7,11,24-26,28-29,52H2,1-5H3,(H2,51,59)(H,53,63)(H,54,61)(H,55,60)/t38-,39?,41?,49?/m0/s1. The number of aliphatic hydroxyl groups excluding tert-OH is 1. The van der Waals surface area contributed by atoms with Crippen LogP contribution < -0.4 is 32.2 Å². The van der Waals surface area contributed by atoms with Crippen molar-refractivity contribution >= 4 is 62.2 Å². The molecule has 8 N–H and O–H groups in total. The largest absolute Gasteiger partial charge is 0.497 e. The average Bonchev–Trinajstić information content (AvgIpc) is 3.65. The number of amides is 5. The van der Waals surface area contributed by atoms with Gasteiger partial charge in [0.2, 0.25) is 15.7 Å². The minimum atomic E-state index is -4.62. The molecule has 3 unspecified atom stereocenters. The number of nitrogens with one attached hydrogen (secondary N) is 3. The fourth-order valence-electron chi connectivity index (χ4n) is 8.11. The van der Waals surface area contributed by atoms with Crippen LogP contribution in [0.2, 0.25) is 0 Å². The molecule has 6 rings (SSSR count). The van der Waals surface area contributed by atoms with Gasteiger partial charge in [-0.3, -0.25) is 19.2 Å². The van der Waals surface area contributed by atoms with E-state index in [0.717, 1.165) is 19.7 Å². The van der Waals surface area contributed by atoms with E-state index >= 15 is 18.0 Å². The molecule has 17 nitrogen and oxygen atoms in total. The normalized spacial score (nSPS) is 18.3. The first-order valence-electron chi connectivity index (χ1n) is 22.1. The molecule has 2 heterocycles. The SMILES string of the molecule is COc1ccc(C2C(S(=O)(=O)c3ccc(C)cc3)=C(C(=O)N[C@@H](CCCCNC(=O)OC(C)(C)C)C(O)C(=O)NCc3ccc(C(N)=O)cc3)N3C(=O)C(N)(Cc4cccc(I)c4)CCN23)cc1. The number of aliphatic hydroxyl groups is 1. The summed E-state index contributed by atoms with van der Waals surface area (Å²) in [7, 11) is -3.13. The van der Waals surface area contributed by atoms with Crippen LogP contribution in [0.3, 0.4) is 0 Å². The van der Waals surface area contributed by atoms with Crippen molar-refractivity contribution in [3.05, 3.63) is 139 Å². The molecule has 2 aliphatic heterocycles. The first-order chi connectivity index (χ1) is 32.1. The monoisotopic (exact) mass is 1060 g/mol. The lowest BCUT2D eigenvalue weighted by molar-refractivity contribution is -0.160. The number of sulfone groups is 1. The number of carbonyl (C=O) groups is 5. The number of hydrogen-bond donors (Lipinski definition) is 6. The number of fused-ring (bicyclic) bond motifs is 1. The summed E-state index contributed by atoms with van der Waals surface area (Å²) in [6, 6.07) is 23.8. The molecule has 362 valence electrons.